The Kier molecular flexibility index (Phi) is 8.33. The number of unbranched alkanes of at least 4 members (excludes halogenated alkanes) is 2. The van der Waals surface area contributed by atoms with Crippen LogP contribution in [0, 0.1) is 5.41 Å². The molecule has 0 heterocycles. The van der Waals surface area contributed by atoms with Crippen molar-refractivity contribution < 1.29 is 19.0 Å². The van der Waals surface area contributed by atoms with Crippen molar-refractivity contribution in [3.8, 4) is 17.2 Å². The fraction of sp³-hybridized carbons (Fsp3) is 0.364. The third kappa shape index (κ3) is 6.71. The topological polar surface area (TPSA) is 97.9 Å². The summed E-state index contributed by atoms with van der Waals surface area (Å²) >= 11 is 0. The summed E-state index contributed by atoms with van der Waals surface area (Å²) < 4.78 is 16.8. The molecule has 2 rings (SSSR count). The van der Waals surface area contributed by atoms with E-state index >= 15 is 0 Å². The lowest BCUT2D eigenvalue weighted by Crippen LogP contribution is -2.21. The van der Waals surface area contributed by atoms with Crippen molar-refractivity contribution in [2.75, 3.05) is 34.4 Å². The zero-order chi connectivity index (χ0) is 21.2. The lowest BCUT2D eigenvalue weighted by atomic mass is 10.2. The summed E-state index contributed by atoms with van der Waals surface area (Å²) in [5, 5.41) is 7.38. The lowest BCUT2D eigenvalue weighted by molar-refractivity contribution is 0.0827. The summed E-state index contributed by atoms with van der Waals surface area (Å²) in [6.45, 7) is 1.14. The van der Waals surface area contributed by atoms with Crippen LogP contribution in [0.3, 0.4) is 0 Å². The Balaban J connectivity index is 1.72. The molecule has 1 amide bonds. The average molecular weight is 399 g/mol. The highest BCUT2D eigenvalue weighted by Crippen LogP contribution is 2.28. The van der Waals surface area contributed by atoms with E-state index in [1.165, 1.54) is 4.90 Å². The van der Waals surface area contributed by atoms with Crippen LogP contribution in [0.1, 0.15) is 35.2 Å². The highest BCUT2D eigenvalue weighted by molar-refractivity contribution is 5.95. The minimum atomic E-state index is -0.0778. The predicted octanol–water partition coefficient (Wildman–Crippen LogP) is 3.31. The Morgan fingerprint density at radius 3 is 2.14 bits per heavy atom. The van der Waals surface area contributed by atoms with E-state index < -0.39 is 0 Å². The molecule has 0 aliphatic carbocycles. The van der Waals surface area contributed by atoms with Crippen LogP contribution in [-0.4, -0.2) is 51.1 Å². The monoisotopic (exact) mass is 399 g/mol. The van der Waals surface area contributed by atoms with Gasteiger partial charge in [0, 0.05) is 25.2 Å². The molecule has 2 aromatic rings. The average Bonchev–Trinajstić information content (AvgIpc) is 2.72. The van der Waals surface area contributed by atoms with Gasteiger partial charge in [-0.05, 0) is 61.7 Å². The fourth-order valence-corrected chi connectivity index (χ4v) is 2.66. The van der Waals surface area contributed by atoms with Gasteiger partial charge in [0.1, 0.15) is 11.6 Å². The van der Waals surface area contributed by atoms with Crippen molar-refractivity contribution in [3.05, 3.63) is 53.6 Å². The van der Waals surface area contributed by atoms with Crippen molar-refractivity contribution in [3.63, 3.8) is 0 Å². The largest absolute Gasteiger partial charge is 0.494 e. The van der Waals surface area contributed by atoms with Gasteiger partial charge in [0.15, 0.2) is 11.5 Å². The van der Waals surface area contributed by atoms with Gasteiger partial charge in [0.25, 0.3) is 5.91 Å². The highest BCUT2D eigenvalue weighted by atomic mass is 16.5. The number of rotatable bonds is 11. The SMILES string of the molecule is COc1ccc(C(=O)N(C)C)cc1OCCCCCOc1ccc(C(=N)N)cc1. The van der Waals surface area contributed by atoms with Crippen LogP contribution in [0.4, 0.5) is 0 Å². The third-order valence-electron chi connectivity index (χ3n) is 4.30. The molecule has 0 fully saturated rings. The van der Waals surface area contributed by atoms with Crippen LogP contribution in [0.15, 0.2) is 42.5 Å². The summed E-state index contributed by atoms with van der Waals surface area (Å²) in [5.74, 6) is 1.91. The van der Waals surface area contributed by atoms with E-state index in [1.807, 2.05) is 12.1 Å². The zero-order valence-corrected chi connectivity index (χ0v) is 17.2. The van der Waals surface area contributed by atoms with E-state index in [9.17, 15) is 4.79 Å². The molecule has 0 bridgehead atoms. The van der Waals surface area contributed by atoms with Gasteiger partial charge in [0.05, 0.1) is 20.3 Å². The van der Waals surface area contributed by atoms with Crippen molar-refractivity contribution in [1.29, 1.82) is 5.41 Å². The van der Waals surface area contributed by atoms with Gasteiger partial charge in [-0.25, -0.2) is 0 Å². The van der Waals surface area contributed by atoms with Gasteiger partial charge in [-0.2, -0.15) is 0 Å². The molecule has 0 saturated heterocycles. The summed E-state index contributed by atoms with van der Waals surface area (Å²) in [7, 11) is 5.01. The molecule has 7 heteroatoms. The number of benzene rings is 2. The van der Waals surface area contributed by atoms with Gasteiger partial charge in [-0.3, -0.25) is 10.2 Å². The molecule has 0 aliphatic heterocycles. The Labute approximate surface area is 171 Å². The number of amidine groups is 1. The number of carbonyl (C=O) groups is 1. The fourth-order valence-electron chi connectivity index (χ4n) is 2.66. The van der Waals surface area contributed by atoms with Crippen LogP contribution >= 0.6 is 0 Å². The van der Waals surface area contributed by atoms with Crippen molar-refractivity contribution in [2.24, 2.45) is 5.73 Å². The van der Waals surface area contributed by atoms with Gasteiger partial charge in [0.2, 0.25) is 0 Å². The molecule has 0 saturated carbocycles. The molecule has 156 valence electrons. The second-order valence-corrected chi connectivity index (χ2v) is 6.76. The Morgan fingerprint density at radius 1 is 0.931 bits per heavy atom. The van der Waals surface area contributed by atoms with Crippen molar-refractivity contribution >= 4 is 11.7 Å². The van der Waals surface area contributed by atoms with E-state index in [2.05, 4.69) is 0 Å². The minimum Gasteiger partial charge on any atom is -0.494 e. The molecule has 7 nitrogen and oxygen atoms in total. The number of nitrogens with two attached hydrogens (primary N) is 1. The highest BCUT2D eigenvalue weighted by Gasteiger charge is 2.12. The van der Waals surface area contributed by atoms with Gasteiger partial charge < -0.3 is 24.8 Å². The second-order valence-electron chi connectivity index (χ2n) is 6.76. The minimum absolute atomic E-state index is 0.0461. The number of hydrogen-bond acceptors (Lipinski definition) is 5. The first kappa shape index (κ1) is 22.1. The molecule has 0 aromatic heterocycles. The number of carbonyl (C=O) groups excluding carboxylic acids is 1. The number of nitrogen functional groups attached to an aromatic ring is 1. The number of hydrogen-bond donors (Lipinski definition) is 2. The first-order valence-electron chi connectivity index (χ1n) is 9.52. The van der Waals surface area contributed by atoms with Crippen molar-refractivity contribution in [1.82, 2.24) is 4.90 Å². The van der Waals surface area contributed by atoms with Gasteiger partial charge in [-0.1, -0.05) is 0 Å². The first-order chi connectivity index (χ1) is 13.9. The number of ether oxygens (including phenoxy) is 3. The molecule has 3 N–H and O–H groups in total. The Hall–Kier alpha value is -3.22. The van der Waals surface area contributed by atoms with Gasteiger partial charge >= 0.3 is 0 Å². The normalized spacial score (nSPS) is 10.3. The van der Waals surface area contributed by atoms with Gasteiger partial charge in [-0.15, -0.1) is 0 Å². The molecule has 29 heavy (non-hydrogen) atoms. The predicted molar refractivity (Wildman–Crippen MR) is 113 cm³/mol. The summed E-state index contributed by atoms with van der Waals surface area (Å²) in [6, 6.07) is 12.4. The molecule has 0 radical (unpaired) electrons. The van der Waals surface area contributed by atoms with Crippen LogP contribution in [0.5, 0.6) is 17.2 Å². The number of nitrogens with zero attached hydrogens (tertiary/aromatic N) is 1. The molecule has 0 unspecified atom stereocenters. The maximum Gasteiger partial charge on any atom is 0.253 e. The first-order valence-corrected chi connectivity index (χ1v) is 9.52. The van der Waals surface area contributed by atoms with E-state index in [4.69, 9.17) is 25.4 Å². The van der Waals surface area contributed by atoms with E-state index in [-0.39, 0.29) is 11.7 Å². The molecule has 2 aromatic carbocycles. The summed E-state index contributed by atoms with van der Waals surface area (Å²) in [5.41, 5.74) is 6.68. The van der Waals surface area contributed by atoms with Crippen molar-refractivity contribution in [2.45, 2.75) is 19.3 Å². The quantitative estimate of drug-likeness (QED) is 0.343. The van der Waals surface area contributed by atoms with Crippen LogP contribution in [0.2, 0.25) is 0 Å². The van der Waals surface area contributed by atoms with Crippen LogP contribution < -0.4 is 19.9 Å². The standard InChI is InChI=1S/C22H29N3O4/c1-25(2)22(26)17-9-12-19(27-3)20(15-17)29-14-6-4-5-13-28-18-10-7-16(8-11-18)21(23)24/h7-12,15H,4-6,13-14H2,1-3H3,(H3,23,24). The van der Waals surface area contributed by atoms with Crippen LogP contribution in [0.25, 0.3) is 0 Å². The van der Waals surface area contributed by atoms with E-state index in [0.29, 0.717) is 35.8 Å². The molecular weight excluding hydrogens is 370 g/mol. The smallest absolute Gasteiger partial charge is 0.253 e. The Morgan fingerprint density at radius 2 is 1.55 bits per heavy atom. The molecular formula is C22H29N3O4. The summed E-state index contributed by atoms with van der Waals surface area (Å²) in [4.78, 5) is 13.6. The van der Waals surface area contributed by atoms with E-state index in [0.717, 1.165) is 25.0 Å². The number of amides is 1. The summed E-state index contributed by atoms with van der Waals surface area (Å²) in [6.07, 6.45) is 2.71. The third-order valence-corrected chi connectivity index (χ3v) is 4.30. The number of methoxy groups -OCH3 is 1. The zero-order valence-electron chi connectivity index (χ0n) is 17.2. The second kappa shape index (κ2) is 10.9. The molecule has 0 atom stereocenters. The van der Waals surface area contributed by atoms with E-state index in [1.54, 1.807) is 51.5 Å². The van der Waals surface area contributed by atoms with Crippen LogP contribution in [-0.2, 0) is 0 Å². The number of nitrogens with one attached hydrogen (secondary N) is 1. The lowest BCUT2D eigenvalue weighted by Gasteiger charge is -2.14. The maximum atomic E-state index is 12.1. The molecule has 0 aliphatic rings. The molecule has 0 spiro atoms. The maximum absolute atomic E-state index is 12.1. The Bertz CT molecular complexity index is 819.